The van der Waals surface area contributed by atoms with Crippen LogP contribution in [-0.2, 0) is 0 Å². The van der Waals surface area contributed by atoms with Crippen molar-refractivity contribution >= 4 is 0 Å². The van der Waals surface area contributed by atoms with Crippen molar-refractivity contribution in [2.24, 2.45) is 17.3 Å². The van der Waals surface area contributed by atoms with Crippen molar-refractivity contribution in [3.8, 4) is 0 Å². The minimum atomic E-state index is -0.0683. The fourth-order valence-corrected chi connectivity index (χ4v) is 1.99. The number of aliphatic hydroxyl groups is 1. The monoisotopic (exact) mass is 156 g/mol. The Hall–Kier alpha value is -0.0400. The molecule has 0 heterocycles. The third-order valence-corrected chi connectivity index (χ3v) is 3.92. The number of rotatable bonds is 0. The molecule has 1 nitrogen and oxygen atoms in total. The van der Waals surface area contributed by atoms with Crippen LogP contribution in [0.5, 0.6) is 0 Å². The predicted octanol–water partition coefficient (Wildman–Crippen LogP) is 2.44. The van der Waals surface area contributed by atoms with Gasteiger partial charge in [-0.2, -0.15) is 0 Å². The second kappa shape index (κ2) is 2.78. The fraction of sp³-hybridized carbons (Fsp3) is 1.00. The second-order valence-electron chi connectivity index (χ2n) is 4.66. The first-order valence-electron chi connectivity index (χ1n) is 4.64. The van der Waals surface area contributed by atoms with Crippen molar-refractivity contribution in [2.45, 2.75) is 46.6 Å². The molecule has 0 aromatic rings. The highest BCUT2D eigenvalue weighted by Crippen LogP contribution is 2.44. The first kappa shape index (κ1) is 9.05. The lowest BCUT2D eigenvalue weighted by atomic mass is 9.62. The highest BCUT2D eigenvalue weighted by molar-refractivity contribution is 4.89. The summed E-state index contributed by atoms with van der Waals surface area (Å²) in [6, 6.07) is 0. The van der Waals surface area contributed by atoms with E-state index in [9.17, 15) is 5.11 Å². The highest BCUT2D eigenvalue weighted by Gasteiger charge is 2.39. The van der Waals surface area contributed by atoms with Crippen molar-refractivity contribution in [2.75, 3.05) is 0 Å². The van der Waals surface area contributed by atoms with E-state index in [1.165, 1.54) is 6.42 Å². The summed E-state index contributed by atoms with van der Waals surface area (Å²) in [6.07, 6.45) is 2.10. The molecule has 1 heteroatoms. The van der Waals surface area contributed by atoms with Gasteiger partial charge in [-0.15, -0.1) is 0 Å². The third-order valence-electron chi connectivity index (χ3n) is 3.92. The summed E-state index contributed by atoms with van der Waals surface area (Å²) in [5.74, 6) is 1.20. The van der Waals surface area contributed by atoms with E-state index < -0.39 is 0 Å². The van der Waals surface area contributed by atoms with Crippen molar-refractivity contribution < 1.29 is 5.11 Å². The van der Waals surface area contributed by atoms with Crippen LogP contribution in [0.2, 0.25) is 0 Å². The Morgan fingerprint density at radius 2 is 1.73 bits per heavy atom. The van der Waals surface area contributed by atoms with Crippen LogP contribution in [0.25, 0.3) is 0 Å². The van der Waals surface area contributed by atoms with Crippen LogP contribution in [0.4, 0.5) is 0 Å². The molecule has 1 fully saturated rings. The zero-order valence-electron chi connectivity index (χ0n) is 8.09. The topological polar surface area (TPSA) is 20.2 Å². The van der Waals surface area contributed by atoms with Crippen molar-refractivity contribution in [3.05, 3.63) is 0 Å². The van der Waals surface area contributed by atoms with Crippen LogP contribution in [0, 0.1) is 17.3 Å². The molecule has 0 aliphatic heterocycles. The molecule has 1 saturated carbocycles. The molecule has 0 bridgehead atoms. The highest BCUT2D eigenvalue weighted by atomic mass is 16.3. The number of aliphatic hydroxyl groups excluding tert-OH is 1. The van der Waals surface area contributed by atoms with E-state index in [-0.39, 0.29) is 6.10 Å². The van der Waals surface area contributed by atoms with E-state index in [0.717, 1.165) is 12.3 Å². The number of hydrogen-bond acceptors (Lipinski definition) is 1. The zero-order chi connectivity index (χ0) is 8.65. The van der Waals surface area contributed by atoms with Gasteiger partial charge in [0.15, 0.2) is 0 Å². The average molecular weight is 156 g/mol. The minimum Gasteiger partial charge on any atom is -0.393 e. The maximum Gasteiger partial charge on any atom is 0.0571 e. The van der Waals surface area contributed by atoms with E-state index >= 15 is 0 Å². The SMILES string of the molecule is C[C@@H]1CC[C@H](O)[C@H](C)C1(C)C. The normalized spacial score (nSPS) is 43.9. The van der Waals surface area contributed by atoms with Gasteiger partial charge < -0.3 is 5.11 Å². The molecular formula is C10H20O. The van der Waals surface area contributed by atoms with E-state index in [4.69, 9.17) is 0 Å². The molecule has 0 saturated heterocycles. The Labute approximate surface area is 69.8 Å². The van der Waals surface area contributed by atoms with Crippen molar-refractivity contribution in [1.29, 1.82) is 0 Å². The fourth-order valence-electron chi connectivity index (χ4n) is 1.99. The van der Waals surface area contributed by atoms with E-state index in [1.807, 2.05) is 0 Å². The van der Waals surface area contributed by atoms with Gasteiger partial charge in [0.2, 0.25) is 0 Å². The van der Waals surface area contributed by atoms with Gasteiger partial charge in [-0.1, -0.05) is 27.7 Å². The Kier molecular flexibility index (Phi) is 2.29. The summed E-state index contributed by atoms with van der Waals surface area (Å²) in [5, 5.41) is 9.63. The van der Waals surface area contributed by atoms with Gasteiger partial charge >= 0.3 is 0 Å². The third kappa shape index (κ3) is 1.44. The predicted molar refractivity (Wildman–Crippen MR) is 47.3 cm³/mol. The number of hydrogen-bond donors (Lipinski definition) is 1. The molecule has 0 radical (unpaired) electrons. The molecule has 1 aliphatic carbocycles. The smallest absolute Gasteiger partial charge is 0.0571 e. The molecule has 0 spiro atoms. The van der Waals surface area contributed by atoms with Gasteiger partial charge in [-0.25, -0.2) is 0 Å². The minimum absolute atomic E-state index is 0.0683. The molecule has 0 amide bonds. The second-order valence-corrected chi connectivity index (χ2v) is 4.66. The lowest BCUT2D eigenvalue weighted by Gasteiger charge is -2.44. The van der Waals surface area contributed by atoms with Crippen LogP contribution in [0.3, 0.4) is 0 Å². The average Bonchev–Trinajstić information content (AvgIpc) is 1.95. The maximum atomic E-state index is 9.63. The summed E-state index contributed by atoms with van der Waals surface area (Å²) in [6.45, 7) is 9.00. The van der Waals surface area contributed by atoms with E-state index in [2.05, 4.69) is 27.7 Å². The summed E-state index contributed by atoms with van der Waals surface area (Å²) in [4.78, 5) is 0. The standard InChI is InChI=1S/C10H20O/c1-7-5-6-9(11)8(2)10(7,3)4/h7-9,11H,5-6H2,1-4H3/t7-,8+,9+/m1/s1. The molecular weight excluding hydrogens is 136 g/mol. The van der Waals surface area contributed by atoms with Crippen LogP contribution in [0.15, 0.2) is 0 Å². The molecule has 66 valence electrons. The summed E-state index contributed by atoms with van der Waals surface area (Å²) in [7, 11) is 0. The van der Waals surface area contributed by atoms with Crippen molar-refractivity contribution in [1.82, 2.24) is 0 Å². The van der Waals surface area contributed by atoms with E-state index in [0.29, 0.717) is 11.3 Å². The molecule has 0 unspecified atom stereocenters. The van der Waals surface area contributed by atoms with Gasteiger partial charge in [-0.05, 0) is 30.1 Å². The molecule has 1 rings (SSSR count). The van der Waals surface area contributed by atoms with Gasteiger partial charge in [0, 0.05) is 0 Å². The Morgan fingerprint density at radius 3 is 2.18 bits per heavy atom. The first-order chi connectivity index (χ1) is 4.96. The molecule has 0 aromatic heterocycles. The molecule has 1 aliphatic rings. The first-order valence-corrected chi connectivity index (χ1v) is 4.64. The van der Waals surface area contributed by atoms with Gasteiger partial charge in [0.1, 0.15) is 0 Å². The van der Waals surface area contributed by atoms with Gasteiger partial charge in [0.05, 0.1) is 6.10 Å². The quantitative estimate of drug-likeness (QED) is 0.571. The van der Waals surface area contributed by atoms with Crippen LogP contribution in [-0.4, -0.2) is 11.2 Å². The zero-order valence-corrected chi connectivity index (χ0v) is 8.09. The molecule has 0 aromatic carbocycles. The van der Waals surface area contributed by atoms with Gasteiger partial charge in [-0.3, -0.25) is 0 Å². The summed E-state index contributed by atoms with van der Waals surface area (Å²) in [5.41, 5.74) is 0.317. The van der Waals surface area contributed by atoms with E-state index in [1.54, 1.807) is 0 Å². The Balaban J connectivity index is 2.72. The maximum absolute atomic E-state index is 9.63. The van der Waals surface area contributed by atoms with Crippen LogP contribution >= 0.6 is 0 Å². The van der Waals surface area contributed by atoms with Crippen LogP contribution < -0.4 is 0 Å². The van der Waals surface area contributed by atoms with Gasteiger partial charge in [0.25, 0.3) is 0 Å². The van der Waals surface area contributed by atoms with Crippen molar-refractivity contribution in [3.63, 3.8) is 0 Å². The Bertz CT molecular complexity index is 140. The molecule has 11 heavy (non-hydrogen) atoms. The lowest BCUT2D eigenvalue weighted by Crippen LogP contribution is -2.41. The summed E-state index contributed by atoms with van der Waals surface area (Å²) < 4.78 is 0. The molecule has 3 atom stereocenters. The lowest BCUT2D eigenvalue weighted by molar-refractivity contribution is -0.0314. The summed E-state index contributed by atoms with van der Waals surface area (Å²) >= 11 is 0. The Morgan fingerprint density at radius 1 is 1.18 bits per heavy atom. The van der Waals surface area contributed by atoms with Crippen LogP contribution in [0.1, 0.15) is 40.5 Å². The largest absolute Gasteiger partial charge is 0.393 e. The molecule has 1 N–H and O–H groups in total.